The lowest BCUT2D eigenvalue weighted by Gasteiger charge is -2.44. The standard InChI is InChI=1S/C39H41ClN4O4/c1-38(2,41)25-34(44-21-19-39(20-22-44,37(45)46)24-26-9-16-31(47-3)17-10-26)28-11-13-29(14-12-28)35-42-36(48-43-35)30-15-18-32(33(40)23-30)27-7-5-4-6-8-27/h4-18,23,34H,19-22,24-25,41H2,1-3H3,(H,45,46). The number of carboxylic acid groups (broad SMARTS) is 1. The lowest BCUT2D eigenvalue weighted by Crippen LogP contribution is -2.48. The highest BCUT2D eigenvalue weighted by Crippen LogP contribution is 2.41. The lowest BCUT2D eigenvalue weighted by molar-refractivity contribution is -0.152. The van der Waals surface area contributed by atoms with Crippen LogP contribution in [-0.4, -0.2) is 51.9 Å². The fourth-order valence-electron chi connectivity index (χ4n) is 6.63. The molecule has 0 aliphatic carbocycles. The van der Waals surface area contributed by atoms with E-state index < -0.39 is 16.9 Å². The molecular formula is C39H41ClN4O4. The van der Waals surface area contributed by atoms with E-state index in [0.29, 0.717) is 49.1 Å². The van der Waals surface area contributed by atoms with Gasteiger partial charge in [0.1, 0.15) is 5.75 Å². The molecule has 2 heterocycles. The van der Waals surface area contributed by atoms with E-state index in [4.69, 9.17) is 26.6 Å². The van der Waals surface area contributed by atoms with Gasteiger partial charge in [-0.3, -0.25) is 9.69 Å². The van der Waals surface area contributed by atoms with Gasteiger partial charge < -0.3 is 20.1 Å². The molecule has 9 heteroatoms. The Morgan fingerprint density at radius 1 is 0.979 bits per heavy atom. The van der Waals surface area contributed by atoms with Crippen LogP contribution in [-0.2, 0) is 11.2 Å². The third kappa shape index (κ3) is 7.46. The molecule has 1 saturated heterocycles. The average Bonchev–Trinajstić information content (AvgIpc) is 3.59. The van der Waals surface area contributed by atoms with Gasteiger partial charge >= 0.3 is 5.97 Å². The van der Waals surface area contributed by atoms with Crippen molar-refractivity contribution in [1.82, 2.24) is 15.0 Å². The van der Waals surface area contributed by atoms with Gasteiger partial charge in [0, 0.05) is 33.3 Å². The predicted molar refractivity (Wildman–Crippen MR) is 189 cm³/mol. The van der Waals surface area contributed by atoms with Crippen LogP contribution >= 0.6 is 11.6 Å². The number of halogens is 1. The summed E-state index contributed by atoms with van der Waals surface area (Å²) in [5.41, 5.74) is 11.0. The zero-order valence-electron chi connectivity index (χ0n) is 27.5. The van der Waals surface area contributed by atoms with E-state index in [1.54, 1.807) is 7.11 Å². The Morgan fingerprint density at radius 2 is 1.65 bits per heavy atom. The van der Waals surface area contributed by atoms with Crippen LogP contribution in [0.15, 0.2) is 102 Å². The summed E-state index contributed by atoms with van der Waals surface area (Å²) in [5, 5.41) is 15.2. The van der Waals surface area contributed by atoms with Crippen molar-refractivity contribution in [2.75, 3.05) is 20.2 Å². The molecule has 1 aliphatic rings. The number of piperidine rings is 1. The van der Waals surface area contributed by atoms with Crippen molar-refractivity contribution in [1.29, 1.82) is 0 Å². The minimum Gasteiger partial charge on any atom is -0.497 e. The molecule has 0 bridgehead atoms. The van der Waals surface area contributed by atoms with E-state index in [0.717, 1.165) is 45.6 Å². The molecule has 1 aromatic heterocycles. The van der Waals surface area contributed by atoms with Crippen LogP contribution in [0.5, 0.6) is 5.75 Å². The number of carboxylic acids is 1. The van der Waals surface area contributed by atoms with Gasteiger partial charge in [0.25, 0.3) is 5.89 Å². The summed E-state index contributed by atoms with van der Waals surface area (Å²) in [4.78, 5) is 19.7. The van der Waals surface area contributed by atoms with Gasteiger partial charge in [0.15, 0.2) is 0 Å². The molecule has 1 atom stereocenters. The number of rotatable bonds is 11. The zero-order chi connectivity index (χ0) is 33.9. The minimum atomic E-state index is -0.819. The average molecular weight is 665 g/mol. The third-order valence-electron chi connectivity index (χ3n) is 9.35. The third-order valence-corrected chi connectivity index (χ3v) is 9.66. The monoisotopic (exact) mass is 664 g/mol. The topological polar surface area (TPSA) is 115 Å². The highest BCUT2D eigenvalue weighted by molar-refractivity contribution is 6.33. The molecule has 0 spiro atoms. The van der Waals surface area contributed by atoms with Crippen LogP contribution in [0.3, 0.4) is 0 Å². The number of hydrogen-bond acceptors (Lipinski definition) is 7. The Bertz CT molecular complexity index is 1840. The van der Waals surface area contributed by atoms with E-state index in [-0.39, 0.29) is 6.04 Å². The molecule has 1 unspecified atom stereocenters. The number of hydrogen-bond donors (Lipinski definition) is 2. The SMILES string of the molecule is COc1ccc(CC2(C(=O)O)CCN(C(CC(C)(C)N)c3ccc(-c4noc(-c5ccc(-c6ccccc6)c(Cl)c5)n4)cc3)CC2)cc1. The number of likely N-dealkylation sites (tertiary alicyclic amines) is 1. The predicted octanol–water partition coefficient (Wildman–Crippen LogP) is 8.31. The van der Waals surface area contributed by atoms with E-state index in [2.05, 4.69) is 27.2 Å². The first-order valence-electron chi connectivity index (χ1n) is 16.2. The molecule has 0 saturated carbocycles. The van der Waals surface area contributed by atoms with Gasteiger partial charge in [-0.05, 0) is 93.6 Å². The Kier molecular flexibility index (Phi) is 9.69. The van der Waals surface area contributed by atoms with Gasteiger partial charge in [-0.15, -0.1) is 0 Å². The molecule has 4 aromatic carbocycles. The Labute approximate surface area is 286 Å². The molecule has 1 fully saturated rings. The summed E-state index contributed by atoms with van der Waals surface area (Å²) in [6.45, 7) is 5.38. The van der Waals surface area contributed by atoms with E-state index in [9.17, 15) is 9.90 Å². The Balaban J connectivity index is 1.18. The van der Waals surface area contributed by atoms with Crippen molar-refractivity contribution in [3.05, 3.63) is 113 Å². The van der Waals surface area contributed by atoms with Gasteiger partial charge in [-0.1, -0.05) is 89.6 Å². The van der Waals surface area contributed by atoms with Crippen LogP contribution < -0.4 is 10.5 Å². The van der Waals surface area contributed by atoms with Gasteiger partial charge in [-0.2, -0.15) is 4.98 Å². The quantitative estimate of drug-likeness (QED) is 0.145. The Morgan fingerprint density at radius 3 is 2.25 bits per heavy atom. The van der Waals surface area contributed by atoms with Gasteiger partial charge in [0.2, 0.25) is 5.82 Å². The molecule has 3 N–H and O–H groups in total. The molecular weight excluding hydrogens is 624 g/mol. The second-order valence-electron chi connectivity index (χ2n) is 13.5. The summed E-state index contributed by atoms with van der Waals surface area (Å²) in [7, 11) is 1.63. The largest absolute Gasteiger partial charge is 0.497 e. The summed E-state index contributed by atoms with van der Waals surface area (Å²) < 4.78 is 10.9. The molecule has 48 heavy (non-hydrogen) atoms. The van der Waals surface area contributed by atoms with Crippen molar-refractivity contribution >= 4 is 17.6 Å². The zero-order valence-corrected chi connectivity index (χ0v) is 28.3. The maximum atomic E-state index is 12.6. The summed E-state index contributed by atoms with van der Waals surface area (Å²) >= 11 is 6.64. The van der Waals surface area contributed by atoms with Crippen molar-refractivity contribution in [2.24, 2.45) is 11.1 Å². The van der Waals surface area contributed by atoms with Gasteiger partial charge in [0.05, 0.1) is 12.5 Å². The first-order valence-corrected chi connectivity index (χ1v) is 16.6. The molecule has 6 rings (SSSR count). The lowest BCUT2D eigenvalue weighted by atomic mass is 9.73. The first-order chi connectivity index (χ1) is 23.0. The normalized spacial score (nSPS) is 15.6. The van der Waals surface area contributed by atoms with E-state index >= 15 is 0 Å². The number of benzene rings is 4. The van der Waals surface area contributed by atoms with E-state index in [1.807, 2.05) is 98.8 Å². The highest BCUT2D eigenvalue weighted by Gasteiger charge is 2.43. The number of nitrogens with two attached hydrogens (primary N) is 1. The molecule has 0 amide bonds. The molecule has 5 aromatic rings. The van der Waals surface area contributed by atoms with Crippen molar-refractivity contribution in [3.8, 4) is 39.7 Å². The van der Waals surface area contributed by atoms with Crippen molar-refractivity contribution < 1.29 is 19.2 Å². The van der Waals surface area contributed by atoms with Crippen LogP contribution in [0.1, 0.15) is 50.3 Å². The maximum Gasteiger partial charge on any atom is 0.310 e. The fourth-order valence-corrected chi connectivity index (χ4v) is 6.92. The fraction of sp³-hybridized carbons (Fsp3) is 0.308. The van der Waals surface area contributed by atoms with Gasteiger partial charge in [-0.25, -0.2) is 0 Å². The number of methoxy groups -OCH3 is 1. The summed E-state index contributed by atoms with van der Waals surface area (Å²) in [6.07, 6.45) is 2.31. The molecule has 1 aliphatic heterocycles. The maximum absolute atomic E-state index is 12.6. The molecule has 8 nitrogen and oxygen atoms in total. The molecule has 0 radical (unpaired) electrons. The summed E-state index contributed by atoms with van der Waals surface area (Å²) in [6, 6.07) is 31.6. The summed E-state index contributed by atoms with van der Waals surface area (Å²) in [5.74, 6) is 0.892. The second-order valence-corrected chi connectivity index (χ2v) is 13.9. The van der Waals surface area contributed by atoms with Crippen LogP contribution in [0.2, 0.25) is 5.02 Å². The minimum absolute atomic E-state index is 0.0259. The number of ether oxygens (including phenoxy) is 1. The number of aliphatic carboxylic acids is 1. The number of aromatic nitrogens is 2. The molecule has 248 valence electrons. The van der Waals surface area contributed by atoms with Crippen LogP contribution in [0.4, 0.5) is 0 Å². The number of carbonyl (C=O) groups is 1. The first kappa shape index (κ1) is 33.4. The second kappa shape index (κ2) is 13.9. The van der Waals surface area contributed by atoms with E-state index in [1.165, 1.54) is 0 Å². The van der Waals surface area contributed by atoms with Crippen molar-refractivity contribution in [2.45, 2.75) is 51.1 Å². The van der Waals surface area contributed by atoms with Crippen LogP contribution in [0.25, 0.3) is 34.0 Å². The van der Waals surface area contributed by atoms with Crippen LogP contribution in [0, 0.1) is 5.41 Å². The highest BCUT2D eigenvalue weighted by atomic mass is 35.5. The smallest absolute Gasteiger partial charge is 0.310 e. The number of nitrogens with zero attached hydrogens (tertiary/aromatic N) is 3. The Hall–Kier alpha value is -4.50. The van der Waals surface area contributed by atoms with Crippen molar-refractivity contribution in [3.63, 3.8) is 0 Å².